The Bertz CT molecular complexity index is 594. The molecule has 0 aromatic heterocycles. The van der Waals surface area contributed by atoms with Gasteiger partial charge >= 0.3 is 0 Å². The number of unbranched alkanes of at least 4 members (excludes halogenated alkanes) is 2. The Morgan fingerprint density at radius 2 is 1.83 bits per heavy atom. The molecule has 1 aromatic carbocycles. The number of sulfonamides is 1. The van der Waals surface area contributed by atoms with E-state index >= 15 is 0 Å². The summed E-state index contributed by atoms with van der Waals surface area (Å²) in [7, 11) is -3.16. The Morgan fingerprint density at radius 1 is 1.17 bits per heavy atom. The molecule has 0 atom stereocenters. The average molecular weight is 338 g/mol. The van der Waals surface area contributed by atoms with Crippen LogP contribution in [-0.2, 0) is 14.8 Å². The van der Waals surface area contributed by atoms with Crippen molar-refractivity contribution >= 4 is 21.6 Å². The van der Waals surface area contributed by atoms with Crippen molar-refractivity contribution in [2.45, 2.75) is 39.0 Å². The Morgan fingerprint density at radius 3 is 2.43 bits per heavy atom. The van der Waals surface area contributed by atoms with Gasteiger partial charge in [-0.15, -0.1) is 0 Å². The van der Waals surface area contributed by atoms with Crippen molar-refractivity contribution in [1.29, 1.82) is 0 Å². The highest BCUT2D eigenvalue weighted by Crippen LogP contribution is 2.22. The maximum atomic E-state index is 12.3. The lowest BCUT2D eigenvalue weighted by atomic mass is 9.97. The van der Waals surface area contributed by atoms with Gasteiger partial charge in [0, 0.05) is 24.7 Å². The minimum atomic E-state index is -3.16. The van der Waals surface area contributed by atoms with Gasteiger partial charge in [-0.3, -0.25) is 4.79 Å². The molecule has 2 rings (SSSR count). The van der Waals surface area contributed by atoms with Crippen LogP contribution in [0.1, 0.15) is 39.0 Å². The summed E-state index contributed by atoms with van der Waals surface area (Å²) in [5.41, 5.74) is 0.784. The molecule has 1 fully saturated rings. The van der Waals surface area contributed by atoms with Crippen LogP contribution in [0.2, 0.25) is 0 Å². The highest BCUT2D eigenvalue weighted by atomic mass is 32.2. The molecule has 1 N–H and O–H groups in total. The molecule has 23 heavy (non-hydrogen) atoms. The summed E-state index contributed by atoms with van der Waals surface area (Å²) in [5.74, 6) is 0.0957. The molecule has 1 aromatic rings. The van der Waals surface area contributed by atoms with Crippen molar-refractivity contribution in [1.82, 2.24) is 4.31 Å². The first kappa shape index (κ1) is 17.9. The summed E-state index contributed by atoms with van der Waals surface area (Å²) in [5, 5.41) is 2.90. The number of amides is 1. The van der Waals surface area contributed by atoms with Gasteiger partial charge in [-0.1, -0.05) is 38.0 Å². The first-order chi connectivity index (χ1) is 11.0. The Balaban J connectivity index is 1.82. The molecule has 0 aliphatic carbocycles. The molecule has 1 amide bonds. The van der Waals surface area contributed by atoms with Crippen molar-refractivity contribution in [3.05, 3.63) is 30.3 Å². The zero-order valence-electron chi connectivity index (χ0n) is 13.7. The maximum absolute atomic E-state index is 12.3. The third-order valence-electron chi connectivity index (χ3n) is 4.27. The molecule has 1 aliphatic heterocycles. The summed E-state index contributed by atoms with van der Waals surface area (Å²) < 4.78 is 26.1. The number of piperidine rings is 1. The van der Waals surface area contributed by atoms with E-state index in [0.717, 1.165) is 18.5 Å². The number of benzene rings is 1. The van der Waals surface area contributed by atoms with Crippen molar-refractivity contribution in [2.24, 2.45) is 5.92 Å². The second-order valence-corrected chi connectivity index (χ2v) is 8.14. The maximum Gasteiger partial charge on any atom is 0.227 e. The summed E-state index contributed by atoms with van der Waals surface area (Å²) in [4.78, 5) is 12.3. The van der Waals surface area contributed by atoms with Crippen molar-refractivity contribution < 1.29 is 13.2 Å². The molecule has 1 aliphatic rings. The summed E-state index contributed by atoms with van der Waals surface area (Å²) >= 11 is 0. The second kappa shape index (κ2) is 8.45. The summed E-state index contributed by atoms with van der Waals surface area (Å²) in [6.07, 6.45) is 3.84. The fourth-order valence-electron chi connectivity index (χ4n) is 2.83. The first-order valence-corrected chi connectivity index (χ1v) is 9.97. The predicted molar refractivity (Wildman–Crippen MR) is 92.7 cm³/mol. The molecule has 5 nitrogen and oxygen atoms in total. The van der Waals surface area contributed by atoms with E-state index in [2.05, 4.69) is 12.2 Å². The van der Waals surface area contributed by atoms with Gasteiger partial charge in [0.15, 0.2) is 0 Å². The predicted octanol–water partition coefficient (Wildman–Crippen LogP) is 2.86. The minimum absolute atomic E-state index is 0.0146. The van der Waals surface area contributed by atoms with Gasteiger partial charge in [-0.05, 0) is 31.4 Å². The van der Waals surface area contributed by atoms with Crippen LogP contribution in [0.4, 0.5) is 5.69 Å². The molecule has 128 valence electrons. The number of carbonyl (C=O) groups is 1. The number of carbonyl (C=O) groups excluding carboxylic acids is 1. The van der Waals surface area contributed by atoms with E-state index in [4.69, 9.17) is 0 Å². The average Bonchev–Trinajstić information content (AvgIpc) is 2.56. The number of rotatable bonds is 7. The molecule has 0 saturated carbocycles. The fraction of sp³-hybridized carbons (Fsp3) is 0.588. The van der Waals surface area contributed by atoms with Gasteiger partial charge in [0.2, 0.25) is 15.9 Å². The van der Waals surface area contributed by atoms with E-state index in [9.17, 15) is 13.2 Å². The Hall–Kier alpha value is -1.40. The highest BCUT2D eigenvalue weighted by molar-refractivity contribution is 7.89. The van der Waals surface area contributed by atoms with Crippen LogP contribution in [-0.4, -0.2) is 37.5 Å². The molecular weight excluding hydrogens is 312 g/mol. The van der Waals surface area contributed by atoms with E-state index in [0.29, 0.717) is 32.4 Å². The van der Waals surface area contributed by atoms with Gasteiger partial charge in [0.25, 0.3) is 0 Å². The van der Waals surface area contributed by atoms with Gasteiger partial charge < -0.3 is 5.32 Å². The summed E-state index contributed by atoms with van der Waals surface area (Å²) in [6.45, 7) is 2.95. The van der Waals surface area contributed by atoms with Crippen LogP contribution < -0.4 is 5.32 Å². The molecule has 6 heteroatoms. The number of anilines is 1. The second-order valence-electron chi connectivity index (χ2n) is 6.05. The van der Waals surface area contributed by atoms with E-state index in [1.165, 1.54) is 0 Å². The highest BCUT2D eigenvalue weighted by Gasteiger charge is 2.30. The quantitative estimate of drug-likeness (QED) is 0.778. The van der Waals surface area contributed by atoms with Crippen LogP contribution in [0.15, 0.2) is 30.3 Å². The SMILES string of the molecule is CCCCCS(=O)(=O)N1CCC(C(=O)Nc2ccccc2)CC1. The smallest absolute Gasteiger partial charge is 0.227 e. The van der Waals surface area contributed by atoms with Crippen LogP contribution in [0.5, 0.6) is 0 Å². The normalized spacial score (nSPS) is 17.1. The van der Waals surface area contributed by atoms with E-state index in [-0.39, 0.29) is 17.6 Å². The van der Waals surface area contributed by atoms with Gasteiger partial charge in [0.05, 0.1) is 5.75 Å². The molecule has 0 radical (unpaired) electrons. The van der Waals surface area contributed by atoms with Gasteiger partial charge in [0.1, 0.15) is 0 Å². The van der Waals surface area contributed by atoms with Crippen molar-refractivity contribution in [3.63, 3.8) is 0 Å². The van der Waals surface area contributed by atoms with Gasteiger partial charge in [-0.2, -0.15) is 0 Å². The van der Waals surface area contributed by atoms with Crippen LogP contribution in [0.3, 0.4) is 0 Å². The Labute approximate surface area is 139 Å². The minimum Gasteiger partial charge on any atom is -0.326 e. The molecule has 1 heterocycles. The standard InChI is InChI=1S/C17H26N2O3S/c1-2-3-7-14-23(21,22)19-12-10-15(11-13-19)17(20)18-16-8-5-4-6-9-16/h4-6,8-9,15H,2-3,7,10-14H2,1H3,(H,18,20). The lowest BCUT2D eigenvalue weighted by Gasteiger charge is -2.30. The van der Waals surface area contributed by atoms with Crippen LogP contribution in [0, 0.1) is 5.92 Å². The Kier molecular flexibility index (Phi) is 6.59. The number of hydrogen-bond donors (Lipinski definition) is 1. The molecular formula is C17H26N2O3S. The molecule has 0 unspecified atom stereocenters. The summed E-state index contributed by atoms with van der Waals surface area (Å²) in [6, 6.07) is 9.36. The lowest BCUT2D eigenvalue weighted by molar-refractivity contribution is -0.120. The lowest BCUT2D eigenvalue weighted by Crippen LogP contribution is -2.42. The van der Waals surface area contributed by atoms with E-state index in [1.54, 1.807) is 4.31 Å². The fourth-order valence-corrected chi connectivity index (χ4v) is 4.42. The number of para-hydroxylation sites is 1. The van der Waals surface area contributed by atoms with Crippen LogP contribution in [0.25, 0.3) is 0 Å². The largest absolute Gasteiger partial charge is 0.326 e. The third kappa shape index (κ3) is 5.32. The van der Waals surface area contributed by atoms with Crippen molar-refractivity contribution in [3.8, 4) is 0 Å². The zero-order valence-corrected chi connectivity index (χ0v) is 14.5. The number of nitrogens with one attached hydrogen (secondary N) is 1. The number of nitrogens with zero attached hydrogens (tertiary/aromatic N) is 1. The topological polar surface area (TPSA) is 66.5 Å². The van der Waals surface area contributed by atoms with Gasteiger partial charge in [-0.25, -0.2) is 12.7 Å². The van der Waals surface area contributed by atoms with Crippen molar-refractivity contribution in [2.75, 3.05) is 24.2 Å². The molecule has 0 spiro atoms. The van der Waals surface area contributed by atoms with E-state index in [1.807, 2.05) is 30.3 Å². The molecule has 0 bridgehead atoms. The third-order valence-corrected chi connectivity index (χ3v) is 6.22. The van der Waals surface area contributed by atoms with Crippen LogP contribution >= 0.6 is 0 Å². The first-order valence-electron chi connectivity index (χ1n) is 8.36. The number of hydrogen-bond acceptors (Lipinski definition) is 3. The van der Waals surface area contributed by atoms with E-state index < -0.39 is 10.0 Å². The monoisotopic (exact) mass is 338 g/mol. The zero-order chi connectivity index (χ0) is 16.7. The molecule has 1 saturated heterocycles.